The number of likely N-dealkylation sites (tertiary alicyclic amines) is 1. The molecule has 2 heterocycles. The van der Waals surface area contributed by atoms with Gasteiger partial charge in [0, 0.05) is 19.2 Å². The third-order valence-corrected chi connectivity index (χ3v) is 5.55. The highest BCUT2D eigenvalue weighted by atomic mass is 32.2. The summed E-state index contributed by atoms with van der Waals surface area (Å²) < 4.78 is 30.3. The summed E-state index contributed by atoms with van der Waals surface area (Å²) in [6.45, 7) is 5.48. The highest BCUT2D eigenvalue weighted by molar-refractivity contribution is 7.92. The van der Waals surface area contributed by atoms with E-state index in [-0.39, 0.29) is 30.2 Å². The summed E-state index contributed by atoms with van der Waals surface area (Å²) in [5.74, 6) is 0. The lowest BCUT2D eigenvalue weighted by atomic mass is 10.2. The second-order valence-electron chi connectivity index (χ2n) is 6.49. The third-order valence-electron chi connectivity index (χ3n) is 3.46. The molecule has 132 valence electrons. The summed E-state index contributed by atoms with van der Waals surface area (Å²) in [7, 11) is -3.77. The smallest absolute Gasteiger partial charge is 0.410 e. The molecule has 1 amide bonds. The van der Waals surface area contributed by atoms with Crippen LogP contribution in [-0.2, 0) is 14.6 Å². The van der Waals surface area contributed by atoms with E-state index in [2.05, 4.69) is 4.98 Å². The molecule has 2 rings (SSSR count). The van der Waals surface area contributed by atoms with E-state index in [1.807, 2.05) is 0 Å². The summed E-state index contributed by atoms with van der Waals surface area (Å²) >= 11 is 0. The molecule has 1 fully saturated rings. The number of sulfone groups is 1. The summed E-state index contributed by atoms with van der Waals surface area (Å²) in [4.78, 5) is 27.0. The molecule has 0 saturated carbocycles. The Kier molecular flexibility index (Phi) is 4.79. The fraction of sp³-hybridized carbons (Fsp3) is 0.571. The molecule has 0 radical (unpaired) electrons. The van der Waals surface area contributed by atoms with Crippen molar-refractivity contribution in [3.05, 3.63) is 28.4 Å². The molecule has 1 atom stereocenters. The molecule has 0 aromatic carbocycles. The van der Waals surface area contributed by atoms with Crippen LogP contribution in [0.2, 0.25) is 0 Å². The molecule has 24 heavy (non-hydrogen) atoms. The zero-order valence-corrected chi connectivity index (χ0v) is 14.4. The van der Waals surface area contributed by atoms with Crippen molar-refractivity contribution in [3.8, 4) is 0 Å². The number of rotatable bonds is 3. The lowest BCUT2D eigenvalue weighted by molar-refractivity contribution is -0.385. The lowest BCUT2D eigenvalue weighted by Crippen LogP contribution is -2.36. The van der Waals surface area contributed by atoms with Crippen LogP contribution in [0.15, 0.2) is 23.4 Å². The SMILES string of the molecule is CC(C)(C)OC(=O)N1CCC(S(=O)(=O)c2ccc([N+](=O)[O-])cn2)C1. The lowest BCUT2D eigenvalue weighted by Gasteiger charge is -2.24. The number of hydrogen-bond donors (Lipinski definition) is 0. The topological polar surface area (TPSA) is 120 Å². The van der Waals surface area contributed by atoms with Gasteiger partial charge in [-0.05, 0) is 33.3 Å². The highest BCUT2D eigenvalue weighted by Crippen LogP contribution is 2.25. The number of pyridine rings is 1. The van der Waals surface area contributed by atoms with Crippen LogP contribution >= 0.6 is 0 Å². The quantitative estimate of drug-likeness (QED) is 0.597. The number of aromatic nitrogens is 1. The van der Waals surface area contributed by atoms with Gasteiger partial charge in [-0.25, -0.2) is 18.2 Å². The van der Waals surface area contributed by atoms with Gasteiger partial charge in [0.2, 0.25) is 0 Å². The van der Waals surface area contributed by atoms with Crippen LogP contribution in [0.4, 0.5) is 10.5 Å². The second kappa shape index (κ2) is 6.34. The zero-order valence-electron chi connectivity index (χ0n) is 13.6. The van der Waals surface area contributed by atoms with Gasteiger partial charge < -0.3 is 9.64 Å². The first kappa shape index (κ1) is 18.1. The Hall–Kier alpha value is -2.23. The van der Waals surface area contributed by atoms with Crippen LogP contribution in [0, 0.1) is 10.1 Å². The minimum atomic E-state index is -3.77. The third kappa shape index (κ3) is 3.99. The van der Waals surface area contributed by atoms with E-state index in [1.165, 1.54) is 4.90 Å². The van der Waals surface area contributed by atoms with Crippen molar-refractivity contribution in [2.75, 3.05) is 13.1 Å². The van der Waals surface area contributed by atoms with Gasteiger partial charge in [-0.3, -0.25) is 10.1 Å². The molecule has 0 bridgehead atoms. The molecule has 1 aromatic rings. The summed E-state index contributed by atoms with van der Waals surface area (Å²) in [5, 5.41) is 9.57. The minimum Gasteiger partial charge on any atom is -0.444 e. The Morgan fingerprint density at radius 3 is 2.58 bits per heavy atom. The van der Waals surface area contributed by atoms with Crippen LogP contribution in [-0.4, -0.2) is 53.3 Å². The van der Waals surface area contributed by atoms with Crippen LogP contribution in [0.5, 0.6) is 0 Å². The van der Waals surface area contributed by atoms with E-state index in [4.69, 9.17) is 4.74 Å². The summed E-state index contributed by atoms with van der Waals surface area (Å²) in [6, 6.07) is 2.21. The van der Waals surface area contributed by atoms with Gasteiger partial charge in [0.25, 0.3) is 5.69 Å². The monoisotopic (exact) mass is 357 g/mol. The Bertz CT molecular complexity index is 739. The average molecular weight is 357 g/mol. The van der Waals surface area contributed by atoms with E-state index in [9.17, 15) is 23.3 Å². The molecule has 1 aromatic heterocycles. The first-order valence-corrected chi connectivity index (χ1v) is 8.87. The fourth-order valence-electron chi connectivity index (χ4n) is 2.29. The van der Waals surface area contributed by atoms with Crippen molar-refractivity contribution < 1.29 is 22.9 Å². The molecule has 0 spiro atoms. The molecule has 1 aliphatic heterocycles. The van der Waals surface area contributed by atoms with E-state index in [0.29, 0.717) is 0 Å². The molecular formula is C14H19N3O6S. The number of carbonyl (C=O) groups is 1. The maximum Gasteiger partial charge on any atom is 0.410 e. The number of hydrogen-bond acceptors (Lipinski definition) is 7. The highest BCUT2D eigenvalue weighted by Gasteiger charge is 2.38. The summed E-state index contributed by atoms with van der Waals surface area (Å²) in [6.07, 6.45) is 0.616. The van der Waals surface area contributed by atoms with Crippen molar-refractivity contribution >= 4 is 21.6 Å². The Morgan fingerprint density at radius 1 is 1.42 bits per heavy atom. The number of nitrogens with zero attached hydrogens (tertiary/aromatic N) is 3. The number of amides is 1. The van der Waals surface area contributed by atoms with Crippen LogP contribution < -0.4 is 0 Å². The maximum atomic E-state index is 12.6. The van der Waals surface area contributed by atoms with Gasteiger partial charge in [0.15, 0.2) is 14.9 Å². The van der Waals surface area contributed by atoms with Crippen LogP contribution in [0.3, 0.4) is 0 Å². The number of ether oxygens (including phenoxy) is 1. The molecule has 10 heteroatoms. The van der Waals surface area contributed by atoms with Gasteiger partial charge in [0.1, 0.15) is 11.8 Å². The number of carbonyl (C=O) groups excluding carboxylic acids is 1. The Labute approximate surface area is 139 Å². The fourth-order valence-corrected chi connectivity index (χ4v) is 3.88. The van der Waals surface area contributed by atoms with Crippen molar-refractivity contribution in [2.45, 2.75) is 43.1 Å². The molecule has 1 unspecified atom stereocenters. The maximum absolute atomic E-state index is 12.6. The molecule has 1 aliphatic rings. The largest absolute Gasteiger partial charge is 0.444 e. The Morgan fingerprint density at radius 2 is 2.08 bits per heavy atom. The van der Waals surface area contributed by atoms with Gasteiger partial charge in [-0.1, -0.05) is 0 Å². The summed E-state index contributed by atoms with van der Waals surface area (Å²) in [5.41, 5.74) is -0.940. The van der Waals surface area contributed by atoms with Gasteiger partial charge in [0.05, 0.1) is 10.2 Å². The minimum absolute atomic E-state index is 0.00984. The first-order chi connectivity index (χ1) is 11.0. The standard InChI is InChI=1S/C14H19N3O6S/c1-14(2,3)23-13(18)16-7-6-11(9-16)24(21,22)12-5-4-10(8-15-12)17(19)20/h4-5,8,11H,6-7,9H2,1-3H3. The zero-order chi connectivity index (χ0) is 18.1. The Balaban J connectivity index is 2.11. The van der Waals surface area contributed by atoms with Gasteiger partial charge >= 0.3 is 6.09 Å². The average Bonchev–Trinajstić information content (AvgIpc) is 2.96. The normalized spacial score (nSPS) is 18.5. The van der Waals surface area contributed by atoms with Crippen molar-refractivity contribution in [2.24, 2.45) is 0 Å². The van der Waals surface area contributed by atoms with Crippen molar-refractivity contribution in [3.63, 3.8) is 0 Å². The van der Waals surface area contributed by atoms with E-state index in [1.54, 1.807) is 20.8 Å². The molecule has 0 aliphatic carbocycles. The second-order valence-corrected chi connectivity index (χ2v) is 8.67. The van der Waals surface area contributed by atoms with E-state index < -0.39 is 31.7 Å². The van der Waals surface area contributed by atoms with Crippen LogP contribution in [0.25, 0.3) is 0 Å². The number of nitro groups is 1. The molecule has 1 saturated heterocycles. The van der Waals surface area contributed by atoms with Gasteiger partial charge in [-0.15, -0.1) is 0 Å². The molecule has 9 nitrogen and oxygen atoms in total. The van der Waals surface area contributed by atoms with Crippen molar-refractivity contribution in [1.29, 1.82) is 0 Å². The van der Waals surface area contributed by atoms with E-state index in [0.717, 1.165) is 18.3 Å². The molecular weight excluding hydrogens is 338 g/mol. The predicted octanol–water partition coefficient (Wildman–Crippen LogP) is 1.77. The van der Waals surface area contributed by atoms with Crippen LogP contribution in [0.1, 0.15) is 27.2 Å². The van der Waals surface area contributed by atoms with Gasteiger partial charge in [-0.2, -0.15) is 0 Å². The predicted molar refractivity (Wildman–Crippen MR) is 84.3 cm³/mol. The van der Waals surface area contributed by atoms with Crippen molar-refractivity contribution in [1.82, 2.24) is 9.88 Å². The molecule has 0 N–H and O–H groups in total. The van der Waals surface area contributed by atoms with E-state index >= 15 is 0 Å². The first-order valence-electron chi connectivity index (χ1n) is 7.33.